The highest BCUT2D eigenvalue weighted by Crippen LogP contribution is 2.36. The summed E-state index contributed by atoms with van der Waals surface area (Å²) >= 11 is 3.69. The first kappa shape index (κ1) is 19.3. The van der Waals surface area contributed by atoms with E-state index in [-0.39, 0.29) is 23.9 Å². The van der Waals surface area contributed by atoms with Crippen LogP contribution in [0.15, 0.2) is 53.0 Å². The van der Waals surface area contributed by atoms with E-state index in [0.29, 0.717) is 0 Å². The zero-order chi connectivity index (χ0) is 16.3. The quantitative estimate of drug-likeness (QED) is 0.736. The molecule has 0 saturated carbocycles. The van der Waals surface area contributed by atoms with Gasteiger partial charge in [0, 0.05) is 12.0 Å². The third kappa shape index (κ3) is 4.33. The van der Waals surface area contributed by atoms with E-state index in [0.717, 1.165) is 29.7 Å². The van der Waals surface area contributed by atoms with E-state index in [1.165, 1.54) is 17.5 Å². The molecule has 24 heavy (non-hydrogen) atoms. The van der Waals surface area contributed by atoms with Gasteiger partial charge in [0.05, 0.1) is 4.47 Å². The van der Waals surface area contributed by atoms with Crippen LogP contribution in [0.1, 0.15) is 37.8 Å². The molecule has 0 spiro atoms. The van der Waals surface area contributed by atoms with Crippen molar-refractivity contribution < 1.29 is 4.74 Å². The van der Waals surface area contributed by atoms with Crippen LogP contribution < -0.4 is 10.1 Å². The maximum absolute atomic E-state index is 6.15. The molecule has 1 aliphatic heterocycles. The Morgan fingerprint density at radius 3 is 2.46 bits per heavy atom. The molecule has 0 aliphatic carbocycles. The molecule has 0 aromatic heterocycles. The summed E-state index contributed by atoms with van der Waals surface area (Å²) in [7, 11) is 0. The third-order valence-electron chi connectivity index (χ3n) is 4.69. The fourth-order valence-corrected chi connectivity index (χ4v) is 3.58. The molecule has 130 valence electrons. The largest absolute Gasteiger partial charge is 0.488 e. The van der Waals surface area contributed by atoms with Crippen molar-refractivity contribution >= 4 is 28.3 Å². The van der Waals surface area contributed by atoms with Crippen LogP contribution in [0, 0.1) is 0 Å². The van der Waals surface area contributed by atoms with E-state index < -0.39 is 0 Å². The molecule has 0 bridgehead atoms. The van der Waals surface area contributed by atoms with E-state index in [1.54, 1.807) is 0 Å². The highest BCUT2D eigenvalue weighted by atomic mass is 79.9. The zero-order valence-electron chi connectivity index (χ0n) is 14.2. The lowest BCUT2D eigenvalue weighted by Crippen LogP contribution is -2.37. The summed E-state index contributed by atoms with van der Waals surface area (Å²) < 4.78 is 7.18. The molecule has 0 radical (unpaired) electrons. The lowest BCUT2D eigenvalue weighted by Gasteiger charge is -2.28. The molecule has 1 atom stereocenters. The maximum atomic E-state index is 6.15. The van der Waals surface area contributed by atoms with Gasteiger partial charge in [-0.05, 0) is 58.6 Å². The van der Waals surface area contributed by atoms with Crippen molar-refractivity contribution in [1.29, 1.82) is 0 Å². The number of hydrogen-bond donors (Lipinski definition) is 1. The average Bonchev–Trinajstić information content (AvgIpc) is 2.58. The van der Waals surface area contributed by atoms with Crippen LogP contribution in [0.4, 0.5) is 0 Å². The predicted octanol–water partition coefficient (Wildman–Crippen LogP) is 5.33. The molecule has 1 fully saturated rings. The second-order valence-corrected chi connectivity index (χ2v) is 7.58. The molecule has 2 aromatic rings. The Kier molecular flexibility index (Phi) is 6.73. The van der Waals surface area contributed by atoms with E-state index >= 15 is 0 Å². The molecule has 2 aromatic carbocycles. The van der Waals surface area contributed by atoms with Crippen LogP contribution in [-0.4, -0.2) is 19.2 Å². The topological polar surface area (TPSA) is 21.3 Å². The van der Waals surface area contributed by atoms with Crippen LogP contribution in [-0.2, 0) is 5.41 Å². The van der Waals surface area contributed by atoms with E-state index in [4.69, 9.17) is 4.74 Å². The summed E-state index contributed by atoms with van der Waals surface area (Å²) in [5, 5.41) is 3.39. The van der Waals surface area contributed by atoms with Crippen molar-refractivity contribution in [3.63, 3.8) is 0 Å². The summed E-state index contributed by atoms with van der Waals surface area (Å²) in [6.45, 7) is 6.56. The van der Waals surface area contributed by atoms with Crippen molar-refractivity contribution in [1.82, 2.24) is 5.32 Å². The second kappa shape index (κ2) is 8.37. The number of nitrogens with one attached hydrogen (secondary N) is 1. The maximum Gasteiger partial charge on any atom is 0.133 e. The van der Waals surface area contributed by atoms with Crippen molar-refractivity contribution in [2.45, 2.75) is 38.2 Å². The van der Waals surface area contributed by atoms with Crippen LogP contribution in [0.3, 0.4) is 0 Å². The molecular formula is C20H25BrClNO. The zero-order valence-corrected chi connectivity index (χ0v) is 16.6. The van der Waals surface area contributed by atoms with Crippen LogP contribution in [0.2, 0.25) is 0 Å². The van der Waals surface area contributed by atoms with Gasteiger partial charge in [-0.2, -0.15) is 0 Å². The van der Waals surface area contributed by atoms with Gasteiger partial charge in [0.1, 0.15) is 11.9 Å². The van der Waals surface area contributed by atoms with Crippen LogP contribution in [0.5, 0.6) is 5.75 Å². The number of benzene rings is 2. The lowest BCUT2D eigenvalue weighted by atomic mass is 9.78. The minimum absolute atomic E-state index is 0. The Morgan fingerprint density at radius 2 is 1.83 bits per heavy atom. The number of hydrogen-bond acceptors (Lipinski definition) is 2. The monoisotopic (exact) mass is 409 g/mol. The Balaban J connectivity index is 0.00000208. The van der Waals surface area contributed by atoms with Crippen molar-refractivity contribution in [2.75, 3.05) is 13.1 Å². The summed E-state index contributed by atoms with van der Waals surface area (Å²) in [5.74, 6) is 0.936. The summed E-state index contributed by atoms with van der Waals surface area (Å²) in [6.07, 6.45) is 2.58. The summed E-state index contributed by atoms with van der Waals surface area (Å²) in [6, 6.07) is 17.1. The van der Waals surface area contributed by atoms with Gasteiger partial charge in [-0.3, -0.25) is 0 Å². The van der Waals surface area contributed by atoms with E-state index in [1.807, 2.05) is 0 Å². The van der Waals surface area contributed by atoms with Gasteiger partial charge in [0.2, 0.25) is 0 Å². The highest BCUT2D eigenvalue weighted by Gasteiger charge is 2.24. The predicted molar refractivity (Wildman–Crippen MR) is 106 cm³/mol. The Hall–Kier alpha value is -1.03. The Labute approximate surface area is 159 Å². The average molecular weight is 411 g/mol. The molecule has 1 N–H and O–H groups in total. The van der Waals surface area contributed by atoms with Crippen molar-refractivity contribution in [3.8, 4) is 5.75 Å². The van der Waals surface area contributed by atoms with Crippen molar-refractivity contribution in [3.05, 3.63) is 64.1 Å². The number of piperidine rings is 1. The van der Waals surface area contributed by atoms with Gasteiger partial charge in [-0.15, -0.1) is 12.4 Å². The molecule has 0 amide bonds. The Morgan fingerprint density at radius 1 is 1.08 bits per heavy atom. The number of rotatable bonds is 4. The van der Waals surface area contributed by atoms with Gasteiger partial charge in [0.25, 0.3) is 0 Å². The number of ether oxygens (including phenoxy) is 1. The van der Waals surface area contributed by atoms with Crippen LogP contribution >= 0.6 is 28.3 Å². The Bertz CT molecular complexity index is 654. The minimum atomic E-state index is -0.0330. The molecular weight excluding hydrogens is 386 g/mol. The molecule has 3 rings (SSSR count). The first-order valence-corrected chi connectivity index (χ1v) is 9.09. The lowest BCUT2D eigenvalue weighted by molar-refractivity contribution is 0.166. The van der Waals surface area contributed by atoms with Gasteiger partial charge in [0.15, 0.2) is 0 Å². The van der Waals surface area contributed by atoms with Gasteiger partial charge >= 0.3 is 0 Å². The minimum Gasteiger partial charge on any atom is -0.488 e. The summed E-state index contributed by atoms with van der Waals surface area (Å²) in [4.78, 5) is 0. The van der Waals surface area contributed by atoms with Gasteiger partial charge in [-0.1, -0.05) is 50.2 Å². The summed E-state index contributed by atoms with van der Waals surface area (Å²) in [5.41, 5.74) is 2.57. The third-order valence-corrected chi connectivity index (χ3v) is 5.31. The molecule has 1 unspecified atom stereocenters. The normalized spacial score (nSPS) is 17.9. The molecule has 1 saturated heterocycles. The first-order chi connectivity index (χ1) is 11.1. The van der Waals surface area contributed by atoms with Gasteiger partial charge < -0.3 is 10.1 Å². The fraction of sp³-hybridized carbons (Fsp3) is 0.400. The SMILES string of the molecule is CC(C)(c1ccccc1)c1ccc(OC2CCCNC2)c(Br)c1.Cl. The molecule has 2 nitrogen and oxygen atoms in total. The standard InChI is InChI=1S/C20H24BrNO.ClH/c1-20(2,15-7-4-3-5-8-15)16-10-11-19(18(21)13-16)23-17-9-6-12-22-14-17;/h3-5,7-8,10-11,13,17,22H,6,9,12,14H2,1-2H3;1H. The van der Waals surface area contributed by atoms with E-state index in [2.05, 4.69) is 83.6 Å². The van der Waals surface area contributed by atoms with Crippen LogP contribution in [0.25, 0.3) is 0 Å². The number of halogens is 2. The smallest absolute Gasteiger partial charge is 0.133 e. The fourth-order valence-electron chi connectivity index (χ4n) is 3.11. The molecule has 1 aliphatic rings. The van der Waals surface area contributed by atoms with Crippen molar-refractivity contribution in [2.24, 2.45) is 0 Å². The second-order valence-electron chi connectivity index (χ2n) is 6.72. The molecule has 4 heteroatoms. The highest BCUT2D eigenvalue weighted by molar-refractivity contribution is 9.10. The molecule has 1 heterocycles. The van der Waals surface area contributed by atoms with E-state index in [9.17, 15) is 0 Å². The first-order valence-electron chi connectivity index (χ1n) is 8.30. The van der Waals surface area contributed by atoms with Gasteiger partial charge in [-0.25, -0.2) is 0 Å².